The van der Waals surface area contributed by atoms with Crippen LogP contribution in [0.5, 0.6) is 0 Å². The average molecular weight is 351 g/mol. The lowest BCUT2D eigenvalue weighted by Crippen LogP contribution is -2.35. The van der Waals surface area contributed by atoms with Crippen molar-refractivity contribution < 1.29 is 4.79 Å². The second-order valence-corrected chi connectivity index (χ2v) is 7.31. The fourth-order valence-corrected chi connectivity index (χ4v) is 3.85. The molecule has 0 aromatic heterocycles. The molecule has 3 rings (SSSR count). The van der Waals surface area contributed by atoms with Crippen LogP contribution in [0.2, 0.25) is 0 Å². The summed E-state index contributed by atoms with van der Waals surface area (Å²) in [6.07, 6.45) is 4.31. The summed E-state index contributed by atoms with van der Waals surface area (Å²) in [5, 5.41) is 6.65. The number of amides is 1. The highest BCUT2D eigenvalue weighted by Crippen LogP contribution is 2.58. The molecule has 1 saturated heterocycles. The van der Waals surface area contributed by atoms with Crippen LogP contribution >= 0.6 is 15.9 Å². The van der Waals surface area contributed by atoms with Crippen LogP contribution in [0.4, 0.5) is 0 Å². The Morgan fingerprint density at radius 3 is 2.67 bits per heavy atom. The Morgan fingerprint density at radius 2 is 2.05 bits per heavy atom. The summed E-state index contributed by atoms with van der Waals surface area (Å²) < 4.78 is 1.07. The molecule has 2 unspecified atom stereocenters. The van der Waals surface area contributed by atoms with E-state index in [2.05, 4.69) is 45.6 Å². The van der Waals surface area contributed by atoms with E-state index in [1.54, 1.807) is 0 Å². The molecule has 0 bridgehead atoms. The van der Waals surface area contributed by atoms with Gasteiger partial charge in [0, 0.05) is 10.4 Å². The van der Waals surface area contributed by atoms with Gasteiger partial charge in [-0.05, 0) is 61.9 Å². The summed E-state index contributed by atoms with van der Waals surface area (Å²) in [5.74, 6) is 0.496. The van der Waals surface area contributed by atoms with Gasteiger partial charge in [-0.3, -0.25) is 4.79 Å². The van der Waals surface area contributed by atoms with Gasteiger partial charge in [-0.25, -0.2) is 0 Å². The van der Waals surface area contributed by atoms with Crippen molar-refractivity contribution in [3.63, 3.8) is 0 Å². The first kappa shape index (κ1) is 15.0. The van der Waals surface area contributed by atoms with Gasteiger partial charge in [0.25, 0.3) is 0 Å². The maximum absolute atomic E-state index is 12.5. The van der Waals surface area contributed by atoms with E-state index in [4.69, 9.17) is 0 Å². The third-order valence-corrected chi connectivity index (χ3v) is 5.63. The fraction of sp³-hybridized carbons (Fsp3) is 0.588. The molecule has 1 heterocycles. The zero-order chi connectivity index (χ0) is 14.9. The van der Waals surface area contributed by atoms with Crippen LogP contribution in [-0.4, -0.2) is 19.0 Å². The lowest BCUT2D eigenvalue weighted by Gasteiger charge is -2.24. The van der Waals surface area contributed by atoms with Crippen molar-refractivity contribution in [3.05, 3.63) is 34.3 Å². The Kier molecular flexibility index (Phi) is 4.36. The minimum absolute atomic E-state index is 0.130. The molecule has 3 nitrogen and oxygen atoms in total. The number of piperidine rings is 1. The number of benzene rings is 1. The average Bonchev–Trinajstić information content (AvgIpc) is 3.20. The van der Waals surface area contributed by atoms with E-state index < -0.39 is 0 Å². The normalized spacial score (nSPS) is 24.6. The van der Waals surface area contributed by atoms with E-state index in [0.717, 1.165) is 43.2 Å². The smallest absolute Gasteiger partial charge is 0.224 e. The van der Waals surface area contributed by atoms with Gasteiger partial charge in [-0.2, -0.15) is 0 Å². The number of carbonyl (C=O) groups excluding carboxylic acids is 1. The predicted octanol–water partition coefficient (Wildman–Crippen LogP) is 3.41. The third-order valence-electron chi connectivity index (χ3n) is 5.10. The summed E-state index contributed by atoms with van der Waals surface area (Å²) in [6, 6.07) is 8.38. The van der Waals surface area contributed by atoms with Gasteiger partial charge in [0.05, 0.1) is 6.04 Å². The van der Waals surface area contributed by atoms with Crippen molar-refractivity contribution in [1.82, 2.24) is 10.6 Å². The fourth-order valence-electron chi connectivity index (χ4n) is 3.58. The Hall–Kier alpha value is -0.870. The highest BCUT2D eigenvalue weighted by Gasteiger charge is 2.57. The zero-order valence-electron chi connectivity index (χ0n) is 12.5. The van der Waals surface area contributed by atoms with Crippen LogP contribution in [-0.2, 0) is 4.79 Å². The summed E-state index contributed by atoms with van der Waals surface area (Å²) in [6.45, 7) is 4.25. The molecule has 2 aliphatic rings. The molecule has 1 aromatic rings. The standard InChI is InChI=1S/C17H23BrN2O/c1-2-15(12-3-5-13(18)6-4-12)20-16(21)14-11-17(14)7-9-19-10-8-17/h3-6,14-15,19H,2,7-11H2,1H3,(H,20,21). The van der Waals surface area contributed by atoms with Crippen LogP contribution in [0.1, 0.15) is 44.2 Å². The number of carbonyl (C=O) groups is 1. The number of rotatable bonds is 4. The number of halogens is 1. The second kappa shape index (κ2) is 6.09. The molecule has 1 saturated carbocycles. The molecule has 2 atom stereocenters. The quantitative estimate of drug-likeness (QED) is 0.873. The molecule has 1 amide bonds. The number of nitrogens with one attached hydrogen (secondary N) is 2. The molecule has 0 radical (unpaired) electrons. The molecular weight excluding hydrogens is 328 g/mol. The first-order valence-electron chi connectivity index (χ1n) is 7.91. The molecule has 1 aliphatic carbocycles. The van der Waals surface area contributed by atoms with Crippen LogP contribution in [0, 0.1) is 11.3 Å². The topological polar surface area (TPSA) is 41.1 Å². The predicted molar refractivity (Wildman–Crippen MR) is 88.0 cm³/mol. The largest absolute Gasteiger partial charge is 0.349 e. The second-order valence-electron chi connectivity index (χ2n) is 6.39. The summed E-state index contributed by atoms with van der Waals surface area (Å²) in [7, 11) is 0. The Labute approximate surface area is 135 Å². The van der Waals surface area contributed by atoms with Gasteiger partial charge in [0.15, 0.2) is 0 Å². The monoisotopic (exact) mass is 350 g/mol. The van der Waals surface area contributed by atoms with Gasteiger partial charge in [0.2, 0.25) is 5.91 Å². The number of hydrogen-bond donors (Lipinski definition) is 2. The van der Waals surface area contributed by atoms with Crippen LogP contribution in [0.25, 0.3) is 0 Å². The minimum atomic E-state index is 0.130. The first-order valence-corrected chi connectivity index (χ1v) is 8.70. The minimum Gasteiger partial charge on any atom is -0.349 e. The molecule has 1 spiro atoms. The van der Waals surface area contributed by atoms with Crippen LogP contribution < -0.4 is 10.6 Å². The van der Waals surface area contributed by atoms with Crippen LogP contribution in [0.15, 0.2) is 28.7 Å². The van der Waals surface area contributed by atoms with Gasteiger partial charge < -0.3 is 10.6 Å². The first-order chi connectivity index (χ1) is 10.1. The van der Waals surface area contributed by atoms with Gasteiger partial charge in [-0.1, -0.05) is 35.0 Å². The maximum Gasteiger partial charge on any atom is 0.224 e. The lowest BCUT2D eigenvalue weighted by atomic mass is 9.91. The van der Waals surface area contributed by atoms with E-state index >= 15 is 0 Å². The number of hydrogen-bond acceptors (Lipinski definition) is 2. The molecule has 1 aromatic carbocycles. The van der Waals surface area contributed by atoms with Crippen molar-refractivity contribution >= 4 is 21.8 Å². The Balaban J connectivity index is 1.62. The van der Waals surface area contributed by atoms with Crippen molar-refractivity contribution in [2.24, 2.45) is 11.3 Å². The van der Waals surface area contributed by atoms with Crippen molar-refractivity contribution in [2.75, 3.05) is 13.1 Å². The zero-order valence-corrected chi connectivity index (χ0v) is 14.1. The molecule has 21 heavy (non-hydrogen) atoms. The summed E-state index contributed by atoms with van der Waals surface area (Å²) in [5.41, 5.74) is 1.50. The molecular formula is C17H23BrN2O. The highest BCUT2D eigenvalue weighted by molar-refractivity contribution is 9.10. The Morgan fingerprint density at radius 1 is 1.38 bits per heavy atom. The van der Waals surface area contributed by atoms with E-state index in [9.17, 15) is 4.79 Å². The van der Waals surface area contributed by atoms with Crippen LogP contribution in [0.3, 0.4) is 0 Å². The summed E-state index contributed by atoms with van der Waals surface area (Å²) in [4.78, 5) is 12.5. The van der Waals surface area contributed by atoms with Gasteiger partial charge >= 0.3 is 0 Å². The molecule has 4 heteroatoms. The third kappa shape index (κ3) is 3.16. The maximum atomic E-state index is 12.5. The lowest BCUT2D eigenvalue weighted by molar-refractivity contribution is -0.124. The van der Waals surface area contributed by atoms with E-state index in [1.807, 2.05) is 12.1 Å². The van der Waals surface area contributed by atoms with Crippen molar-refractivity contribution in [1.29, 1.82) is 0 Å². The molecule has 114 valence electrons. The SMILES string of the molecule is CCC(NC(=O)C1CC12CCNCC2)c1ccc(Br)cc1. The Bertz CT molecular complexity index is 508. The van der Waals surface area contributed by atoms with Crippen molar-refractivity contribution in [2.45, 2.75) is 38.6 Å². The highest BCUT2D eigenvalue weighted by atomic mass is 79.9. The van der Waals surface area contributed by atoms with Gasteiger partial charge in [0.1, 0.15) is 0 Å². The van der Waals surface area contributed by atoms with Crippen molar-refractivity contribution in [3.8, 4) is 0 Å². The molecule has 1 aliphatic heterocycles. The molecule has 2 N–H and O–H groups in total. The van der Waals surface area contributed by atoms with E-state index in [1.165, 1.54) is 5.56 Å². The van der Waals surface area contributed by atoms with E-state index in [0.29, 0.717) is 5.41 Å². The molecule has 2 fully saturated rings. The van der Waals surface area contributed by atoms with E-state index in [-0.39, 0.29) is 17.9 Å². The summed E-state index contributed by atoms with van der Waals surface area (Å²) >= 11 is 3.46. The van der Waals surface area contributed by atoms with Gasteiger partial charge in [-0.15, -0.1) is 0 Å².